The van der Waals surface area contributed by atoms with Gasteiger partial charge in [0, 0.05) is 5.92 Å². The zero-order valence-corrected chi connectivity index (χ0v) is 17.7. The second-order valence-corrected chi connectivity index (χ2v) is 13.2. The Morgan fingerprint density at radius 3 is 2.33 bits per heavy atom. The van der Waals surface area contributed by atoms with E-state index < -0.39 is 8.32 Å². The average molecular weight is 357 g/mol. The van der Waals surface area contributed by atoms with Crippen LogP contribution in [0.3, 0.4) is 0 Å². The molecule has 0 saturated carbocycles. The van der Waals surface area contributed by atoms with Crippen molar-refractivity contribution in [2.75, 3.05) is 6.61 Å². The SMILES string of the molecule is CCC(CC)C(=O)OC1C=COC(CO[Si](C)(C)C(C)(C)C)C1C. The van der Waals surface area contributed by atoms with Gasteiger partial charge in [-0.05, 0) is 37.0 Å². The van der Waals surface area contributed by atoms with E-state index in [9.17, 15) is 4.79 Å². The minimum absolute atomic E-state index is 0.0182. The van der Waals surface area contributed by atoms with Crippen molar-refractivity contribution in [3.8, 4) is 0 Å². The van der Waals surface area contributed by atoms with Crippen molar-refractivity contribution >= 4 is 14.3 Å². The van der Waals surface area contributed by atoms with Crippen molar-refractivity contribution in [2.24, 2.45) is 11.8 Å². The first-order valence-electron chi connectivity index (χ1n) is 9.20. The standard InChI is InChI=1S/C19H36O4Si/c1-9-15(10-2)18(20)23-16-11-12-21-17(14(16)3)13-22-24(7,8)19(4,5)6/h11-12,14-17H,9-10,13H2,1-8H3. The predicted molar refractivity (Wildman–Crippen MR) is 100 cm³/mol. The van der Waals surface area contributed by atoms with Crippen LogP contribution in [0.1, 0.15) is 54.4 Å². The number of hydrogen-bond acceptors (Lipinski definition) is 4. The van der Waals surface area contributed by atoms with E-state index in [1.54, 1.807) is 6.26 Å². The lowest BCUT2D eigenvalue weighted by Crippen LogP contribution is -2.46. The molecule has 1 aliphatic rings. The van der Waals surface area contributed by atoms with Crippen LogP contribution in [0.5, 0.6) is 0 Å². The lowest BCUT2D eigenvalue weighted by Gasteiger charge is -2.39. The van der Waals surface area contributed by atoms with Crippen LogP contribution in [0.2, 0.25) is 18.1 Å². The molecule has 1 aliphatic heterocycles. The molecular weight excluding hydrogens is 320 g/mol. The van der Waals surface area contributed by atoms with E-state index in [1.807, 2.05) is 19.9 Å². The van der Waals surface area contributed by atoms with Gasteiger partial charge in [0.25, 0.3) is 0 Å². The lowest BCUT2D eigenvalue weighted by atomic mass is 9.96. The van der Waals surface area contributed by atoms with Gasteiger partial charge in [0.2, 0.25) is 0 Å². The third kappa shape index (κ3) is 5.35. The van der Waals surface area contributed by atoms with Crippen LogP contribution in [0.25, 0.3) is 0 Å². The fraction of sp³-hybridized carbons (Fsp3) is 0.842. The maximum Gasteiger partial charge on any atom is 0.309 e. The molecular formula is C19H36O4Si. The largest absolute Gasteiger partial charge is 0.495 e. The number of ether oxygens (including phenoxy) is 2. The summed E-state index contributed by atoms with van der Waals surface area (Å²) in [4.78, 5) is 12.3. The van der Waals surface area contributed by atoms with Gasteiger partial charge in [0.15, 0.2) is 8.32 Å². The zero-order chi connectivity index (χ0) is 18.5. The lowest BCUT2D eigenvalue weighted by molar-refractivity contribution is -0.157. The van der Waals surface area contributed by atoms with Gasteiger partial charge in [-0.1, -0.05) is 41.5 Å². The zero-order valence-electron chi connectivity index (χ0n) is 16.7. The summed E-state index contributed by atoms with van der Waals surface area (Å²) in [6.45, 7) is 17.8. The third-order valence-electron chi connectivity index (χ3n) is 5.61. The van der Waals surface area contributed by atoms with Crippen molar-refractivity contribution in [2.45, 2.75) is 84.7 Å². The molecule has 0 spiro atoms. The van der Waals surface area contributed by atoms with Gasteiger partial charge in [0.1, 0.15) is 12.2 Å². The molecule has 1 rings (SSSR count). The molecule has 0 saturated heterocycles. The summed E-state index contributed by atoms with van der Waals surface area (Å²) < 4.78 is 17.8. The molecule has 0 aliphatic carbocycles. The Balaban J connectivity index is 2.65. The van der Waals surface area contributed by atoms with Gasteiger partial charge in [-0.3, -0.25) is 4.79 Å². The van der Waals surface area contributed by atoms with E-state index in [4.69, 9.17) is 13.9 Å². The van der Waals surface area contributed by atoms with Gasteiger partial charge in [-0.25, -0.2) is 0 Å². The molecule has 24 heavy (non-hydrogen) atoms. The van der Waals surface area contributed by atoms with Crippen molar-refractivity contribution in [1.29, 1.82) is 0 Å². The van der Waals surface area contributed by atoms with Gasteiger partial charge in [-0.15, -0.1) is 0 Å². The molecule has 0 fully saturated rings. The minimum atomic E-state index is -1.81. The second kappa shape index (κ2) is 8.52. The quantitative estimate of drug-likeness (QED) is 0.480. The molecule has 3 unspecified atom stereocenters. The maximum atomic E-state index is 12.3. The molecule has 0 N–H and O–H groups in total. The fourth-order valence-corrected chi connectivity index (χ4v) is 3.45. The number of hydrogen-bond donors (Lipinski definition) is 0. The maximum absolute atomic E-state index is 12.3. The summed E-state index contributed by atoms with van der Waals surface area (Å²) in [5.74, 6) is -0.0408. The van der Waals surface area contributed by atoms with Crippen LogP contribution in [0, 0.1) is 11.8 Å². The molecule has 140 valence electrons. The molecule has 0 bridgehead atoms. The number of esters is 1. The summed E-state index contributed by atoms with van der Waals surface area (Å²) in [6, 6.07) is 0. The Morgan fingerprint density at radius 1 is 1.25 bits per heavy atom. The van der Waals surface area contributed by atoms with Crippen LogP contribution in [0.15, 0.2) is 12.3 Å². The Kier molecular flexibility index (Phi) is 7.54. The van der Waals surface area contributed by atoms with Gasteiger partial charge >= 0.3 is 5.97 Å². The van der Waals surface area contributed by atoms with Gasteiger partial charge in [-0.2, -0.15) is 0 Å². The molecule has 0 aromatic rings. The van der Waals surface area contributed by atoms with Gasteiger partial charge < -0.3 is 13.9 Å². The molecule has 0 radical (unpaired) electrons. The van der Waals surface area contributed by atoms with Crippen molar-refractivity contribution in [1.82, 2.24) is 0 Å². The second-order valence-electron chi connectivity index (χ2n) is 8.35. The number of carbonyl (C=O) groups is 1. The Hall–Kier alpha value is -0.813. The normalized spacial score (nSPS) is 24.8. The fourth-order valence-electron chi connectivity index (χ4n) is 2.43. The van der Waals surface area contributed by atoms with E-state index in [-0.39, 0.29) is 35.1 Å². The van der Waals surface area contributed by atoms with Crippen molar-refractivity contribution in [3.63, 3.8) is 0 Å². The summed E-state index contributed by atoms with van der Waals surface area (Å²) in [7, 11) is -1.81. The summed E-state index contributed by atoms with van der Waals surface area (Å²) in [6.07, 6.45) is 4.81. The van der Waals surface area contributed by atoms with Gasteiger partial charge in [0.05, 0.1) is 18.8 Å². The topological polar surface area (TPSA) is 44.8 Å². The van der Waals surface area contributed by atoms with E-state index in [2.05, 4.69) is 40.8 Å². The molecule has 3 atom stereocenters. The van der Waals surface area contributed by atoms with Crippen molar-refractivity contribution < 1.29 is 18.7 Å². The molecule has 0 aromatic carbocycles. The third-order valence-corrected chi connectivity index (χ3v) is 10.1. The van der Waals surface area contributed by atoms with E-state index in [0.29, 0.717) is 6.61 Å². The Bertz CT molecular complexity index is 435. The molecule has 1 heterocycles. The first kappa shape index (κ1) is 21.2. The molecule has 4 nitrogen and oxygen atoms in total. The number of carbonyl (C=O) groups excluding carboxylic acids is 1. The summed E-state index contributed by atoms with van der Waals surface area (Å²) in [5, 5.41) is 0.169. The van der Waals surface area contributed by atoms with Crippen LogP contribution in [0.4, 0.5) is 0 Å². The van der Waals surface area contributed by atoms with Crippen LogP contribution in [-0.4, -0.2) is 33.1 Å². The summed E-state index contributed by atoms with van der Waals surface area (Å²) in [5.41, 5.74) is 0. The van der Waals surface area contributed by atoms with E-state index in [1.165, 1.54) is 0 Å². The highest BCUT2D eigenvalue weighted by Gasteiger charge is 2.39. The Labute approximate surface area is 149 Å². The smallest absolute Gasteiger partial charge is 0.309 e. The first-order valence-corrected chi connectivity index (χ1v) is 12.1. The highest BCUT2D eigenvalue weighted by Crippen LogP contribution is 2.37. The van der Waals surface area contributed by atoms with E-state index in [0.717, 1.165) is 12.8 Å². The first-order chi connectivity index (χ1) is 11.0. The average Bonchev–Trinajstić information content (AvgIpc) is 2.48. The summed E-state index contributed by atoms with van der Waals surface area (Å²) >= 11 is 0. The Morgan fingerprint density at radius 2 is 1.83 bits per heavy atom. The number of rotatable bonds is 7. The molecule has 0 aromatic heterocycles. The monoisotopic (exact) mass is 356 g/mol. The highest BCUT2D eigenvalue weighted by molar-refractivity contribution is 6.74. The predicted octanol–water partition coefficient (Wildman–Crippen LogP) is 4.90. The van der Waals surface area contributed by atoms with Crippen molar-refractivity contribution in [3.05, 3.63) is 12.3 Å². The van der Waals surface area contributed by atoms with Crippen LogP contribution < -0.4 is 0 Å². The van der Waals surface area contributed by atoms with Crippen LogP contribution in [-0.2, 0) is 18.7 Å². The highest BCUT2D eigenvalue weighted by atomic mass is 28.4. The molecule has 5 heteroatoms. The molecule has 0 amide bonds. The minimum Gasteiger partial charge on any atom is -0.495 e. The van der Waals surface area contributed by atoms with Crippen LogP contribution >= 0.6 is 0 Å². The van der Waals surface area contributed by atoms with E-state index >= 15 is 0 Å².